The Morgan fingerprint density at radius 1 is 1.00 bits per heavy atom. The quantitative estimate of drug-likeness (QED) is 0.640. The first kappa shape index (κ1) is 10.4. The number of aliphatic hydroxyl groups is 1. The minimum atomic E-state index is -0.101. The maximum absolute atomic E-state index is 10.0. The number of hydrogen-bond donors (Lipinski definition) is 1. The molecule has 82 valence electrons. The Labute approximate surface area is 86.0 Å². The van der Waals surface area contributed by atoms with Crippen LogP contribution in [0.2, 0.25) is 0 Å². The van der Waals surface area contributed by atoms with Crippen LogP contribution < -0.4 is 0 Å². The van der Waals surface area contributed by atoms with Gasteiger partial charge in [-0.15, -0.1) is 0 Å². The molecule has 0 spiro atoms. The van der Waals surface area contributed by atoms with Crippen molar-refractivity contribution in [2.75, 3.05) is 26.3 Å². The summed E-state index contributed by atoms with van der Waals surface area (Å²) in [6.07, 6.45) is 5.82. The normalized spacial score (nSPS) is 36.6. The number of morpholine rings is 1. The Morgan fingerprint density at radius 3 is 2.50 bits per heavy atom. The second kappa shape index (κ2) is 5.10. The van der Waals surface area contributed by atoms with Gasteiger partial charge >= 0.3 is 0 Å². The van der Waals surface area contributed by atoms with Crippen LogP contribution in [0.15, 0.2) is 0 Å². The van der Waals surface area contributed by atoms with E-state index in [1.54, 1.807) is 0 Å². The lowest BCUT2D eigenvalue weighted by Crippen LogP contribution is -2.48. The summed E-state index contributed by atoms with van der Waals surface area (Å²) in [5.41, 5.74) is 0. The molecule has 0 aromatic heterocycles. The fourth-order valence-corrected chi connectivity index (χ4v) is 2.60. The highest BCUT2D eigenvalue weighted by molar-refractivity contribution is 4.82. The van der Waals surface area contributed by atoms with E-state index in [0.717, 1.165) is 32.7 Å². The van der Waals surface area contributed by atoms with Gasteiger partial charge in [0, 0.05) is 19.1 Å². The molecule has 1 aliphatic heterocycles. The fourth-order valence-electron chi connectivity index (χ4n) is 2.60. The second-order valence-electron chi connectivity index (χ2n) is 4.42. The monoisotopic (exact) mass is 199 g/mol. The summed E-state index contributed by atoms with van der Waals surface area (Å²) in [5, 5.41) is 10.0. The van der Waals surface area contributed by atoms with E-state index in [1.165, 1.54) is 25.7 Å². The Morgan fingerprint density at radius 2 is 1.71 bits per heavy atom. The zero-order valence-corrected chi connectivity index (χ0v) is 8.82. The summed E-state index contributed by atoms with van der Waals surface area (Å²) in [6.45, 7) is 3.68. The van der Waals surface area contributed by atoms with Gasteiger partial charge in [0.15, 0.2) is 0 Å². The smallest absolute Gasteiger partial charge is 0.0695 e. The summed E-state index contributed by atoms with van der Waals surface area (Å²) < 4.78 is 5.33. The van der Waals surface area contributed by atoms with E-state index in [4.69, 9.17) is 4.74 Å². The van der Waals surface area contributed by atoms with E-state index in [9.17, 15) is 5.11 Å². The number of ether oxygens (including phenoxy) is 1. The number of hydrogen-bond acceptors (Lipinski definition) is 3. The molecular formula is C11H21NO2. The molecule has 0 bridgehead atoms. The predicted molar refractivity (Wildman–Crippen MR) is 55.3 cm³/mol. The highest BCUT2D eigenvalue weighted by Crippen LogP contribution is 2.22. The lowest BCUT2D eigenvalue weighted by molar-refractivity contribution is -0.0236. The SMILES string of the molecule is O[C@@H]1CCCCC[C@H]1N1CCOCC1. The van der Waals surface area contributed by atoms with Crippen molar-refractivity contribution >= 4 is 0 Å². The number of nitrogens with zero attached hydrogens (tertiary/aromatic N) is 1. The zero-order valence-electron chi connectivity index (χ0n) is 8.82. The summed E-state index contributed by atoms with van der Waals surface area (Å²) in [7, 11) is 0. The first-order valence-corrected chi connectivity index (χ1v) is 5.88. The Bertz CT molecular complexity index is 169. The van der Waals surface area contributed by atoms with Crippen molar-refractivity contribution in [1.82, 2.24) is 4.90 Å². The third-order valence-electron chi connectivity index (χ3n) is 3.46. The van der Waals surface area contributed by atoms with Gasteiger partial charge in [0.2, 0.25) is 0 Å². The molecule has 1 saturated carbocycles. The molecule has 14 heavy (non-hydrogen) atoms. The summed E-state index contributed by atoms with van der Waals surface area (Å²) in [6, 6.07) is 0.404. The average Bonchev–Trinajstić information content (AvgIpc) is 2.44. The molecule has 2 aliphatic rings. The van der Waals surface area contributed by atoms with E-state index in [0.29, 0.717) is 6.04 Å². The molecule has 0 aromatic carbocycles. The zero-order chi connectivity index (χ0) is 9.80. The maximum Gasteiger partial charge on any atom is 0.0695 e. The van der Waals surface area contributed by atoms with Gasteiger partial charge in [-0.25, -0.2) is 0 Å². The van der Waals surface area contributed by atoms with E-state index in [1.807, 2.05) is 0 Å². The first-order valence-electron chi connectivity index (χ1n) is 5.88. The Kier molecular flexibility index (Phi) is 3.79. The summed E-state index contributed by atoms with van der Waals surface area (Å²) in [5.74, 6) is 0. The molecule has 0 aromatic rings. The standard InChI is InChI=1S/C11H21NO2/c13-11-5-3-1-2-4-10(11)12-6-8-14-9-7-12/h10-11,13H,1-9H2/t10-,11-/m1/s1. The van der Waals surface area contributed by atoms with Crippen molar-refractivity contribution in [1.29, 1.82) is 0 Å². The highest BCUT2D eigenvalue weighted by atomic mass is 16.5. The summed E-state index contributed by atoms with van der Waals surface area (Å²) >= 11 is 0. The summed E-state index contributed by atoms with van der Waals surface area (Å²) in [4.78, 5) is 2.42. The fraction of sp³-hybridized carbons (Fsp3) is 1.00. The molecule has 2 atom stereocenters. The maximum atomic E-state index is 10.0. The van der Waals surface area contributed by atoms with Crippen LogP contribution in [0.3, 0.4) is 0 Å². The van der Waals surface area contributed by atoms with Crippen molar-refractivity contribution < 1.29 is 9.84 Å². The Hall–Kier alpha value is -0.120. The van der Waals surface area contributed by atoms with Crippen molar-refractivity contribution in [2.45, 2.75) is 44.2 Å². The van der Waals surface area contributed by atoms with E-state index in [2.05, 4.69) is 4.90 Å². The molecule has 0 amide bonds. The van der Waals surface area contributed by atoms with Crippen LogP contribution in [0.5, 0.6) is 0 Å². The lowest BCUT2D eigenvalue weighted by atomic mass is 10.0. The lowest BCUT2D eigenvalue weighted by Gasteiger charge is -2.36. The van der Waals surface area contributed by atoms with E-state index < -0.39 is 0 Å². The van der Waals surface area contributed by atoms with Gasteiger partial charge < -0.3 is 9.84 Å². The van der Waals surface area contributed by atoms with Gasteiger partial charge in [-0.05, 0) is 12.8 Å². The number of aliphatic hydroxyl groups excluding tert-OH is 1. The van der Waals surface area contributed by atoms with E-state index >= 15 is 0 Å². The molecule has 3 heteroatoms. The number of rotatable bonds is 1. The third-order valence-corrected chi connectivity index (χ3v) is 3.46. The Balaban J connectivity index is 1.91. The largest absolute Gasteiger partial charge is 0.391 e. The van der Waals surface area contributed by atoms with Gasteiger partial charge in [-0.1, -0.05) is 19.3 Å². The average molecular weight is 199 g/mol. The topological polar surface area (TPSA) is 32.7 Å². The van der Waals surface area contributed by atoms with Crippen molar-refractivity contribution in [2.24, 2.45) is 0 Å². The van der Waals surface area contributed by atoms with Crippen LogP contribution in [-0.2, 0) is 4.74 Å². The van der Waals surface area contributed by atoms with Crippen LogP contribution >= 0.6 is 0 Å². The molecule has 1 saturated heterocycles. The van der Waals surface area contributed by atoms with Crippen LogP contribution in [0.25, 0.3) is 0 Å². The molecule has 0 unspecified atom stereocenters. The van der Waals surface area contributed by atoms with Crippen molar-refractivity contribution in [3.8, 4) is 0 Å². The minimum Gasteiger partial charge on any atom is -0.391 e. The van der Waals surface area contributed by atoms with Gasteiger partial charge in [-0.2, -0.15) is 0 Å². The van der Waals surface area contributed by atoms with Crippen LogP contribution in [0, 0.1) is 0 Å². The van der Waals surface area contributed by atoms with Crippen molar-refractivity contribution in [3.63, 3.8) is 0 Å². The third kappa shape index (κ3) is 2.47. The van der Waals surface area contributed by atoms with Crippen LogP contribution in [-0.4, -0.2) is 48.5 Å². The van der Waals surface area contributed by atoms with Crippen LogP contribution in [0.1, 0.15) is 32.1 Å². The van der Waals surface area contributed by atoms with Crippen molar-refractivity contribution in [3.05, 3.63) is 0 Å². The highest BCUT2D eigenvalue weighted by Gasteiger charge is 2.28. The first-order chi connectivity index (χ1) is 6.88. The van der Waals surface area contributed by atoms with Gasteiger partial charge in [0.25, 0.3) is 0 Å². The molecule has 2 rings (SSSR count). The molecule has 0 radical (unpaired) electrons. The van der Waals surface area contributed by atoms with Gasteiger partial charge in [0.05, 0.1) is 19.3 Å². The van der Waals surface area contributed by atoms with E-state index in [-0.39, 0.29) is 6.10 Å². The molecule has 1 N–H and O–H groups in total. The predicted octanol–water partition coefficient (Wildman–Crippen LogP) is 1.01. The molecule has 1 aliphatic carbocycles. The van der Waals surface area contributed by atoms with Crippen LogP contribution in [0.4, 0.5) is 0 Å². The molecule has 2 fully saturated rings. The minimum absolute atomic E-state index is 0.101. The second-order valence-corrected chi connectivity index (χ2v) is 4.42. The van der Waals surface area contributed by atoms with Gasteiger partial charge in [-0.3, -0.25) is 4.90 Å². The molecule has 3 nitrogen and oxygen atoms in total. The molecule has 1 heterocycles. The molecular weight excluding hydrogens is 178 g/mol. The van der Waals surface area contributed by atoms with Gasteiger partial charge in [0.1, 0.15) is 0 Å².